The predicted molar refractivity (Wildman–Crippen MR) is 77.8 cm³/mol. The lowest BCUT2D eigenvalue weighted by atomic mass is 10.2. The Hall–Kier alpha value is -1.28. The average molecular weight is 322 g/mol. The number of carbonyl (C=O) groups excluding carboxylic acids is 3. The van der Waals surface area contributed by atoms with Crippen LogP contribution in [-0.4, -0.2) is 51.4 Å². The van der Waals surface area contributed by atoms with E-state index in [1.807, 2.05) is 0 Å². The summed E-state index contributed by atoms with van der Waals surface area (Å²) in [6.45, 7) is 5.82. The van der Waals surface area contributed by atoms with Crippen LogP contribution in [0.4, 0.5) is 0 Å². The van der Waals surface area contributed by atoms with Crippen molar-refractivity contribution in [1.29, 1.82) is 0 Å². The molecule has 21 heavy (non-hydrogen) atoms. The lowest BCUT2D eigenvalue weighted by molar-refractivity contribution is -0.131. The number of amides is 3. The fourth-order valence-electron chi connectivity index (χ4n) is 1.20. The molecule has 3 amide bonds. The molecular formula is C11H23N4O5P. The van der Waals surface area contributed by atoms with Gasteiger partial charge in [-0.25, -0.2) is 0 Å². The maximum atomic E-state index is 11.8. The summed E-state index contributed by atoms with van der Waals surface area (Å²) in [5, 5.41) is 7.15. The molecule has 122 valence electrons. The molecule has 0 saturated heterocycles. The van der Waals surface area contributed by atoms with Gasteiger partial charge in [0.25, 0.3) is 0 Å². The zero-order valence-corrected chi connectivity index (χ0v) is 13.3. The van der Waals surface area contributed by atoms with Crippen molar-refractivity contribution in [2.75, 3.05) is 0 Å². The van der Waals surface area contributed by atoms with Crippen LogP contribution in [0, 0.1) is 0 Å². The highest BCUT2D eigenvalue weighted by Gasteiger charge is 2.23. The largest absolute Gasteiger partial charge is 0.349 e. The van der Waals surface area contributed by atoms with E-state index in [4.69, 9.17) is 15.5 Å². The molecule has 0 radical (unpaired) electrons. The third-order valence-corrected chi connectivity index (χ3v) is 3.44. The van der Waals surface area contributed by atoms with Crippen LogP contribution < -0.4 is 21.7 Å². The molecule has 0 heterocycles. The van der Waals surface area contributed by atoms with Crippen LogP contribution in [-0.2, 0) is 14.4 Å². The first-order valence-corrected chi connectivity index (χ1v) is 7.71. The molecule has 0 aliphatic heterocycles. The number of carbonyl (C=O) groups is 3. The Morgan fingerprint density at radius 1 is 0.857 bits per heavy atom. The lowest BCUT2D eigenvalue weighted by Crippen LogP contribution is -2.54. The zero-order chi connectivity index (χ0) is 16.7. The first-order chi connectivity index (χ1) is 9.56. The third-order valence-electron chi connectivity index (χ3n) is 2.62. The fourth-order valence-corrected chi connectivity index (χ4v) is 1.45. The summed E-state index contributed by atoms with van der Waals surface area (Å²) >= 11 is 0. The molecule has 7 N–H and O–H groups in total. The first kappa shape index (κ1) is 19.7. The van der Waals surface area contributed by atoms with Crippen molar-refractivity contribution >= 4 is 26.1 Å². The summed E-state index contributed by atoms with van der Waals surface area (Å²) in [4.78, 5) is 52.7. The van der Waals surface area contributed by atoms with E-state index in [-0.39, 0.29) is 0 Å². The topological polar surface area (TPSA) is 154 Å². The van der Waals surface area contributed by atoms with E-state index in [2.05, 4.69) is 16.0 Å². The molecule has 0 fully saturated rings. The van der Waals surface area contributed by atoms with E-state index in [0.29, 0.717) is 0 Å². The number of rotatable bonds is 7. The van der Waals surface area contributed by atoms with E-state index < -0.39 is 50.0 Å². The molecule has 0 bridgehead atoms. The Morgan fingerprint density at radius 2 is 1.24 bits per heavy atom. The van der Waals surface area contributed by atoms with Gasteiger partial charge >= 0.3 is 0 Å². The van der Waals surface area contributed by atoms with Crippen molar-refractivity contribution in [3.8, 4) is 0 Å². The van der Waals surface area contributed by atoms with Crippen LogP contribution in [0.3, 0.4) is 0 Å². The Kier molecular flexibility index (Phi) is 8.34. The second kappa shape index (κ2) is 8.89. The van der Waals surface area contributed by atoms with Crippen LogP contribution in [0.5, 0.6) is 0 Å². The van der Waals surface area contributed by atoms with E-state index >= 15 is 0 Å². The summed E-state index contributed by atoms with van der Waals surface area (Å²) in [6.07, 6.45) is 0. The molecular weight excluding hydrogens is 299 g/mol. The maximum Gasteiger partial charge on any atom is 0.242 e. The first-order valence-electron chi connectivity index (χ1n) is 6.40. The van der Waals surface area contributed by atoms with Gasteiger partial charge < -0.3 is 31.5 Å². The molecule has 0 rings (SSSR count). The van der Waals surface area contributed by atoms with Gasteiger partial charge in [0.05, 0.1) is 11.8 Å². The summed E-state index contributed by atoms with van der Waals surface area (Å²) in [7, 11) is -2.29. The lowest BCUT2D eigenvalue weighted by Gasteiger charge is -2.21. The third kappa shape index (κ3) is 7.33. The highest BCUT2D eigenvalue weighted by atomic mass is 31.2. The second-order valence-electron chi connectivity index (χ2n) is 4.75. The standard InChI is InChI=1S/C11H23N4O5P/c1-5(12)9(16)13-6(2)10(17)14-7(3)11(18)15-8(4)21(19)20/h5-8,19-20H,12H2,1-4H3,(H,13,16)(H,14,17)(H,15,18)/t5-,6-,7-,8+/m0/s1. The van der Waals surface area contributed by atoms with Crippen molar-refractivity contribution < 1.29 is 24.2 Å². The minimum Gasteiger partial charge on any atom is -0.349 e. The van der Waals surface area contributed by atoms with Gasteiger partial charge in [0.15, 0.2) is 8.38 Å². The summed E-state index contributed by atoms with van der Waals surface area (Å²) in [5.41, 5.74) is 5.36. The Balaban J connectivity index is 4.37. The van der Waals surface area contributed by atoms with Crippen molar-refractivity contribution in [3.05, 3.63) is 0 Å². The van der Waals surface area contributed by atoms with Crippen molar-refractivity contribution in [2.24, 2.45) is 5.73 Å². The molecule has 0 aromatic rings. The van der Waals surface area contributed by atoms with Gasteiger partial charge in [-0.15, -0.1) is 0 Å². The van der Waals surface area contributed by atoms with Gasteiger partial charge in [-0.1, -0.05) is 0 Å². The summed E-state index contributed by atoms with van der Waals surface area (Å²) in [5.74, 6) is -2.39. The minimum absolute atomic E-state index is 0.477. The van der Waals surface area contributed by atoms with E-state index in [9.17, 15) is 14.4 Å². The monoisotopic (exact) mass is 322 g/mol. The van der Waals surface area contributed by atoms with Crippen LogP contribution in [0.25, 0.3) is 0 Å². The number of nitrogens with two attached hydrogens (primary N) is 1. The molecule has 4 atom stereocenters. The maximum absolute atomic E-state index is 11.8. The van der Waals surface area contributed by atoms with Gasteiger partial charge in [0, 0.05) is 0 Å². The van der Waals surface area contributed by atoms with Crippen molar-refractivity contribution in [3.63, 3.8) is 0 Å². The molecule has 0 aromatic carbocycles. The Bertz CT molecular complexity index is 391. The van der Waals surface area contributed by atoms with Gasteiger partial charge in [-0.2, -0.15) is 0 Å². The van der Waals surface area contributed by atoms with Crippen LogP contribution >= 0.6 is 8.38 Å². The Morgan fingerprint density at radius 3 is 1.62 bits per heavy atom. The molecule has 0 saturated carbocycles. The van der Waals surface area contributed by atoms with Crippen molar-refractivity contribution in [1.82, 2.24) is 16.0 Å². The SMILES string of the molecule is C[C@H](N)C(=O)N[C@@H](C)C(=O)N[C@@H](C)C(=O)N[C@@H](C)P(O)O. The van der Waals surface area contributed by atoms with Gasteiger partial charge in [-0.05, 0) is 27.7 Å². The number of hydrogen-bond acceptors (Lipinski definition) is 6. The predicted octanol–water partition coefficient (Wildman–Crippen LogP) is -1.90. The summed E-state index contributed by atoms with van der Waals surface area (Å²) < 4.78 is 0. The fraction of sp³-hybridized carbons (Fsp3) is 0.727. The molecule has 0 aromatic heterocycles. The van der Waals surface area contributed by atoms with Crippen LogP contribution in [0.1, 0.15) is 27.7 Å². The second-order valence-corrected chi connectivity index (χ2v) is 6.17. The molecule has 0 unspecified atom stereocenters. The van der Waals surface area contributed by atoms with Gasteiger partial charge in [-0.3, -0.25) is 14.4 Å². The van der Waals surface area contributed by atoms with E-state index in [1.165, 1.54) is 27.7 Å². The molecule has 0 aliphatic rings. The normalized spacial score (nSPS) is 16.6. The van der Waals surface area contributed by atoms with Gasteiger partial charge in [0.1, 0.15) is 12.1 Å². The number of hydrogen-bond donors (Lipinski definition) is 6. The van der Waals surface area contributed by atoms with Crippen LogP contribution in [0.2, 0.25) is 0 Å². The van der Waals surface area contributed by atoms with E-state index in [1.54, 1.807) is 0 Å². The quantitative estimate of drug-likeness (QED) is 0.301. The minimum atomic E-state index is -2.29. The Labute approximate surface area is 124 Å². The van der Waals surface area contributed by atoms with Crippen molar-refractivity contribution in [2.45, 2.75) is 51.6 Å². The van der Waals surface area contributed by atoms with Gasteiger partial charge in [0.2, 0.25) is 17.7 Å². The smallest absolute Gasteiger partial charge is 0.242 e. The molecule has 0 aliphatic carbocycles. The molecule has 9 nitrogen and oxygen atoms in total. The highest BCUT2D eigenvalue weighted by Crippen LogP contribution is 2.27. The van der Waals surface area contributed by atoms with Crippen LogP contribution in [0.15, 0.2) is 0 Å². The van der Waals surface area contributed by atoms with E-state index in [0.717, 1.165) is 0 Å². The zero-order valence-electron chi connectivity index (χ0n) is 12.5. The average Bonchev–Trinajstić information content (AvgIpc) is 2.37. The highest BCUT2D eigenvalue weighted by molar-refractivity contribution is 7.45. The molecule has 10 heteroatoms. The molecule has 0 spiro atoms. The summed E-state index contributed by atoms with van der Waals surface area (Å²) in [6, 6.07) is -2.47. The number of nitrogens with one attached hydrogen (secondary N) is 3.